The van der Waals surface area contributed by atoms with Crippen LogP contribution in [0.1, 0.15) is 47.2 Å². The van der Waals surface area contributed by atoms with Crippen LogP contribution in [0.3, 0.4) is 0 Å². The summed E-state index contributed by atoms with van der Waals surface area (Å²) in [7, 11) is 1.64. The standard InChI is InChI=1S/C26H32N2O3/c1-31-24-6-4-5-22(18-24)19-25(29)27-15-11-21(12-16-27)17-20-7-9-23(10-8-20)26(30)28-13-2-3-14-28/h4-10,18,21H,2-3,11-17,19H2,1H3. The topological polar surface area (TPSA) is 49.9 Å². The number of hydrogen-bond donors (Lipinski definition) is 0. The normalized spacial score (nSPS) is 17.1. The number of hydrogen-bond acceptors (Lipinski definition) is 3. The van der Waals surface area contributed by atoms with Gasteiger partial charge < -0.3 is 14.5 Å². The van der Waals surface area contributed by atoms with Gasteiger partial charge >= 0.3 is 0 Å². The molecule has 0 bridgehead atoms. The van der Waals surface area contributed by atoms with E-state index in [-0.39, 0.29) is 11.8 Å². The molecule has 0 N–H and O–H groups in total. The van der Waals surface area contributed by atoms with E-state index in [1.165, 1.54) is 5.56 Å². The lowest BCUT2D eigenvalue weighted by Gasteiger charge is -2.32. The van der Waals surface area contributed by atoms with Crippen LogP contribution in [0.15, 0.2) is 48.5 Å². The molecule has 2 aromatic carbocycles. The molecule has 2 aliphatic rings. The lowest BCUT2D eigenvalue weighted by molar-refractivity contribution is -0.131. The first-order valence-corrected chi connectivity index (χ1v) is 11.4. The van der Waals surface area contributed by atoms with E-state index in [2.05, 4.69) is 12.1 Å². The van der Waals surface area contributed by atoms with Crippen LogP contribution in [0.4, 0.5) is 0 Å². The van der Waals surface area contributed by atoms with Gasteiger partial charge in [-0.05, 0) is 73.4 Å². The zero-order valence-corrected chi connectivity index (χ0v) is 18.4. The number of rotatable bonds is 6. The van der Waals surface area contributed by atoms with Crippen LogP contribution in [0.2, 0.25) is 0 Å². The van der Waals surface area contributed by atoms with E-state index < -0.39 is 0 Å². The fourth-order valence-electron chi connectivity index (χ4n) is 4.67. The molecule has 0 atom stereocenters. The van der Waals surface area contributed by atoms with E-state index in [1.807, 2.05) is 46.2 Å². The molecule has 5 nitrogen and oxygen atoms in total. The average Bonchev–Trinajstić information content (AvgIpc) is 3.35. The van der Waals surface area contributed by atoms with E-state index in [0.29, 0.717) is 12.3 Å². The molecule has 0 saturated carbocycles. The molecule has 5 heteroatoms. The Labute approximate surface area is 185 Å². The highest BCUT2D eigenvalue weighted by molar-refractivity contribution is 5.94. The number of methoxy groups -OCH3 is 1. The predicted octanol–water partition coefficient (Wildman–Crippen LogP) is 3.96. The third-order valence-electron chi connectivity index (χ3n) is 6.58. The third kappa shape index (κ3) is 5.46. The van der Waals surface area contributed by atoms with Gasteiger partial charge in [-0.2, -0.15) is 0 Å². The van der Waals surface area contributed by atoms with Gasteiger partial charge in [0.15, 0.2) is 0 Å². The fourth-order valence-corrected chi connectivity index (χ4v) is 4.67. The van der Waals surface area contributed by atoms with Gasteiger partial charge in [0.1, 0.15) is 5.75 Å². The molecule has 2 saturated heterocycles. The van der Waals surface area contributed by atoms with Crippen molar-refractivity contribution in [2.45, 2.75) is 38.5 Å². The van der Waals surface area contributed by atoms with Crippen molar-refractivity contribution >= 4 is 11.8 Å². The predicted molar refractivity (Wildman–Crippen MR) is 121 cm³/mol. The van der Waals surface area contributed by atoms with Crippen LogP contribution in [0, 0.1) is 5.92 Å². The molecular formula is C26H32N2O3. The summed E-state index contributed by atoms with van der Waals surface area (Å²) in [5.74, 6) is 1.72. The summed E-state index contributed by atoms with van der Waals surface area (Å²) in [4.78, 5) is 29.1. The number of likely N-dealkylation sites (tertiary alicyclic amines) is 2. The van der Waals surface area contributed by atoms with E-state index in [1.54, 1.807) is 7.11 Å². The molecule has 164 valence electrons. The highest BCUT2D eigenvalue weighted by atomic mass is 16.5. The number of benzene rings is 2. The first-order valence-electron chi connectivity index (χ1n) is 11.4. The van der Waals surface area contributed by atoms with Gasteiger partial charge in [-0.1, -0.05) is 24.3 Å². The Hall–Kier alpha value is -2.82. The second-order valence-corrected chi connectivity index (χ2v) is 8.75. The molecule has 31 heavy (non-hydrogen) atoms. The van der Waals surface area contributed by atoms with E-state index in [9.17, 15) is 9.59 Å². The van der Waals surface area contributed by atoms with Crippen molar-refractivity contribution in [2.75, 3.05) is 33.3 Å². The summed E-state index contributed by atoms with van der Waals surface area (Å²) in [5.41, 5.74) is 3.07. The van der Waals surface area contributed by atoms with Crippen molar-refractivity contribution in [2.24, 2.45) is 5.92 Å². The number of carbonyl (C=O) groups excluding carboxylic acids is 2. The molecule has 2 fully saturated rings. The summed E-state index contributed by atoms with van der Waals surface area (Å²) < 4.78 is 5.25. The summed E-state index contributed by atoms with van der Waals surface area (Å²) in [6.45, 7) is 3.41. The van der Waals surface area contributed by atoms with Gasteiger partial charge in [0.25, 0.3) is 5.91 Å². The number of carbonyl (C=O) groups is 2. The van der Waals surface area contributed by atoms with E-state index >= 15 is 0 Å². The first kappa shape index (κ1) is 21.4. The smallest absolute Gasteiger partial charge is 0.253 e. The van der Waals surface area contributed by atoms with Crippen molar-refractivity contribution in [3.8, 4) is 5.75 Å². The molecule has 2 heterocycles. The third-order valence-corrected chi connectivity index (χ3v) is 6.58. The van der Waals surface area contributed by atoms with Crippen LogP contribution in [0.25, 0.3) is 0 Å². The Bertz CT molecular complexity index is 895. The minimum absolute atomic E-state index is 0.159. The second kappa shape index (κ2) is 9.99. The summed E-state index contributed by atoms with van der Waals surface area (Å²) in [6.07, 6.45) is 5.72. The average molecular weight is 421 g/mol. The lowest BCUT2D eigenvalue weighted by Crippen LogP contribution is -2.39. The van der Waals surface area contributed by atoms with Gasteiger partial charge in [-0.15, -0.1) is 0 Å². The minimum Gasteiger partial charge on any atom is -0.497 e. The van der Waals surface area contributed by atoms with Crippen LogP contribution in [-0.4, -0.2) is 54.9 Å². The minimum atomic E-state index is 0.159. The molecular weight excluding hydrogens is 388 g/mol. The van der Waals surface area contributed by atoms with Gasteiger partial charge in [-0.25, -0.2) is 0 Å². The van der Waals surface area contributed by atoms with Crippen LogP contribution in [0.5, 0.6) is 5.75 Å². The molecule has 0 aromatic heterocycles. The number of amides is 2. The van der Waals surface area contributed by atoms with Crippen LogP contribution in [-0.2, 0) is 17.6 Å². The Morgan fingerprint density at radius 2 is 1.61 bits per heavy atom. The van der Waals surface area contributed by atoms with Gasteiger partial charge in [0.2, 0.25) is 5.91 Å². The largest absolute Gasteiger partial charge is 0.497 e. The van der Waals surface area contributed by atoms with Gasteiger partial charge in [0, 0.05) is 31.7 Å². The zero-order valence-electron chi connectivity index (χ0n) is 18.4. The summed E-state index contributed by atoms with van der Waals surface area (Å²) >= 11 is 0. The molecule has 2 amide bonds. The summed E-state index contributed by atoms with van der Waals surface area (Å²) in [6, 6.07) is 15.9. The maximum atomic E-state index is 12.7. The molecule has 0 unspecified atom stereocenters. The van der Waals surface area contributed by atoms with Crippen molar-refractivity contribution < 1.29 is 14.3 Å². The Morgan fingerprint density at radius 3 is 2.29 bits per heavy atom. The highest BCUT2D eigenvalue weighted by Crippen LogP contribution is 2.23. The first-order chi connectivity index (χ1) is 15.1. The maximum absolute atomic E-state index is 12.7. The van der Waals surface area contributed by atoms with Crippen LogP contribution >= 0.6 is 0 Å². The molecule has 0 radical (unpaired) electrons. The number of piperidine rings is 1. The lowest BCUT2D eigenvalue weighted by atomic mass is 9.89. The molecule has 0 aliphatic carbocycles. The monoisotopic (exact) mass is 420 g/mol. The maximum Gasteiger partial charge on any atom is 0.253 e. The molecule has 0 spiro atoms. The van der Waals surface area contributed by atoms with E-state index in [0.717, 1.165) is 75.2 Å². The second-order valence-electron chi connectivity index (χ2n) is 8.75. The number of nitrogens with zero attached hydrogens (tertiary/aromatic N) is 2. The molecule has 2 aromatic rings. The Kier molecular flexibility index (Phi) is 6.90. The SMILES string of the molecule is COc1cccc(CC(=O)N2CCC(Cc3ccc(C(=O)N4CCCC4)cc3)CC2)c1. The van der Waals surface area contributed by atoms with Crippen molar-refractivity contribution in [3.63, 3.8) is 0 Å². The summed E-state index contributed by atoms with van der Waals surface area (Å²) in [5, 5.41) is 0. The highest BCUT2D eigenvalue weighted by Gasteiger charge is 2.24. The van der Waals surface area contributed by atoms with Crippen LogP contribution < -0.4 is 4.74 Å². The quantitative estimate of drug-likeness (QED) is 0.711. The van der Waals surface area contributed by atoms with E-state index in [4.69, 9.17) is 4.74 Å². The zero-order chi connectivity index (χ0) is 21.6. The van der Waals surface area contributed by atoms with Crippen molar-refractivity contribution in [1.82, 2.24) is 9.80 Å². The number of ether oxygens (including phenoxy) is 1. The molecule has 4 rings (SSSR count). The van der Waals surface area contributed by atoms with Gasteiger partial charge in [-0.3, -0.25) is 9.59 Å². The van der Waals surface area contributed by atoms with Crippen molar-refractivity contribution in [1.29, 1.82) is 0 Å². The van der Waals surface area contributed by atoms with Gasteiger partial charge in [0.05, 0.1) is 13.5 Å². The molecule has 2 aliphatic heterocycles. The Balaban J connectivity index is 1.25. The van der Waals surface area contributed by atoms with Crippen molar-refractivity contribution in [3.05, 3.63) is 65.2 Å². The fraction of sp³-hybridized carbons (Fsp3) is 0.462. The Morgan fingerprint density at radius 1 is 0.903 bits per heavy atom.